The van der Waals surface area contributed by atoms with Gasteiger partial charge in [-0.15, -0.1) is 0 Å². The Labute approximate surface area is 118 Å². The first-order valence-corrected chi connectivity index (χ1v) is 7.26. The van der Waals surface area contributed by atoms with Gasteiger partial charge in [0.1, 0.15) is 5.75 Å². The van der Waals surface area contributed by atoms with E-state index < -0.39 is 0 Å². The van der Waals surface area contributed by atoms with Gasteiger partial charge in [0.05, 0.1) is 6.10 Å². The van der Waals surface area contributed by atoms with E-state index in [1.54, 1.807) is 0 Å². The minimum absolute atomic E-state index is 0.228. The predicted octanol–water partition coefficient (Wildman–Crippen LogP) is 2.91. The van der Waals surface area contributed by atoms with Crippen molar-refractivity contribution in [1.82, 2.24) is 10.2 Å². The van der Waals surface area contributed by atoms with E-state index in [4.69, 9.17) is 4.74 Å². The Morgan fingerprint density at radius 2 is 2.05 bits per heavy atom. The summed E-state index contributed by atoms with van der Waals surface area (Å²) in [5.41, 5.74) is 1.30. The van der Waals surface area contributed by atoms with Crippen LogP contribution in [0.5, 0.6) is 5.75 Å². The van der Waals surface area contributed by atoms with Crippen LogP contribution in [0.15, 0.2) is 24.3 Å². The quantitative estimate of drug-likeness (QED) is 0.694. The molecule has 19 heavy (non-hydrogen) atoms. The molecule has 0 aliphatic rings. The molecule has 0 saturated carbocycles. The minimum atomic E-state index is 0.228. The normalized spacial score (nSPS) is 11.3. The summed E-state index contributed by atoms with van der Waals surface area (Å²) in [6.45, 7) is 10.5. The molecule has 0 heterocycles. The van der Waals surface area contributed by atoms with Crippen molar-refractivity contribution in [2.75, 3.05) is 26.7 Å². The van der Waals surface area contributed by atoms with Gasteiger partial charge in [-0.3, -0.25) is 0 Å². The second kappa shape index (κ2) is 8.94. The zero-order valence-electron chi connectivity index (χ0n) is 12.8. The summed E-state index contributed by atoms with van der Waals surface area (Å²) in [4.78, 5) is 2.33. The topological polar surface area (TPSA) is 24.5 Å². The van der Waals surface area contributed by atoms with Crippen LogP contribution >= 0.6 is 0 Å². The van der Waals surface area contributed by atoms with Crippen molar-refractivity contribution >= 4 is 0 Å². The molecule has 0 spiro atoms. The maximum absolute atomic E-state index is 5.72. The predicted molar refractivity (Wildman–Crippen MR) is 81.7 cm³/mol. The van der Waals surface area contributed by atoms with Crippen LogP contribution in [-0.2, 0) is 6.54 Å². The molecule has 0 saturated heterocycles. The van der Waals surface area contributed by atoms with Crippen LogP contribution in [-0.4, -0.2) is 37.7 Å². The molecule has 108 valence electrons. The van der Waals surface area contributed by atoms with Gasteiger partial charge in [-0.05, 0) is 51.6 Å². The van der Waals surface area contributed by atoms with E-state index >= 15 is 0 Å². The average Bonchev–Trinajstić information content (AvgIpc) is 2.34. The SMILES string of the molecule is CCCNCCN(C)Cc1cccc(OC(C)C)c1. The summed E-state index contributed by atoms with van der Waals surface area (Å²) >= 11 is 0. The second-order valence-corrected chi connectivity index (χ2v) is 5.30. The number of benzene rings is 1. The summed E-state index contributed by atoms with van der Waals surface area (Å²) < 4.78 is 5.72. The summed E-state index contributed by atoms with van der Waals surface area (Å²) in [7, 11) is 2.16. The molecule has 0 atom stereocenters. The highest BCUT2D eigenvalue weighted by molar-refractivity contribution is 5.28. The molecule has 1 N–H and O–H groups in total. The van der Waals surface area contributed by atoms with Gasteiger partial charge in [-0.2, -0.15) is 0 Å². The van der Waals surface area contributed by atoms with Crippen LogP contribution in [0.1, 0.15) is 32.8 Å². The van der Waals surface area contributed by atoms with Gasteiger partial charge in [0, 0.05) is 19.6 Å². The number of ether oxygens (including phenoxy) is 1. The van der Waals surface area contributed by atoms with E-state index in [0.717, 1.165) is 31.9 Å². The van der Waals surface area contributed by atoms with Crippen molar-refractivity contribution < 1.29 is 4.74 Å². The Morgan fingerprint density at radius 3 is 2.74 bits per heavy atom. The Morgan fingerprint density at radius 1 is 1.26 bits per heavy atom. The van der Waals surface area contributed by atoms with E-state index in [2.05, 4.69) is 56.2 Å². The summed E-state index contributed by atoms with van der Waals surface area (Å²) in [5, 5.41) is 3.42. The van der Waals surface area contributed by atoms with Crippen molar-refractivity contribution in [2.45, 2.75) is 39.8 Å². The number of rotatable bonds is 9. The highest BCUT2D eigenvalue weighted by Crippen LogP contribution is 2.15. The number of hydrogen-bond donors (Lipinski definition) is 1. The van der Waals surface area contributed by atoms with E-state index in [0.29, 0.717) is 0 Å². The first-order chi connectivity index (χ1) is 9.11. The third-order valence-electron chi connectivity index (χ3n) is 2.82. The summed E-state index contributed by atoms with van der Waals surface area (Å²) in [5.74, 6) is 0.963. The smallest absolute Gasteiger partial charge is 0.120 e. The van der Waals surface area contributed by atoms with Gasteiger partial charge in [-0.25, -0.2) is 0 Å². The molecule has 0 fully saturated rings. The molecule has 0 bridgehead atoms. The van der Waals surface area contributed by atoms with Crippen molar-refractivity contribution in [3.05, 3.63) is 29.8 Å². The van der Waals surface area contributed by atoms with Gasteiger partial charge in [-0.1, -0.05) is 19.1 Å². The molecular formula is C16H28N2O. The van der Waals surface area contributed by atoms with Crippen LogP contribution in [0, 0.1) is 0 Å². The maximum Gasteiger partial charge on any atom is 0.120 e. The zero-order valence-corrected chi connectivity index (χ0v) is 12.8. The molecule has 3 nitrogen and oxygen atoms in total. The van der Waals surface area contributed by atoms with E-state index in [9.17, 15) is 0 Å². The molecule has 1 rings (SSSR count). The number of likely N-dealkylation sites (N-methyl/N-ethyl adjacent to an activating group) is 1. The standard InChI is InChI=1S/C16H28N2O/c1-5-9-17-10-11-18(4)13-15-7-6-8-16(12-15)19-14(2)3/h6-8,12,14,17H,5,9-11,13H2,1-4H3. The van der Waals surface area contributed by atoms with Crippen LogP contribution < -0.4 is 10.1 Å². The maximum atomic E-state index is 5.72. The lowest BCUT2D eigenvalue weighted by molar-refractivity contribution is 0.241. The summed E-state index contributed by atoms with van der Waals surface area (Å²) in [6.07, 6.45) is 1.42. The molecule has 0 aliphatic heterocycles. The van der Waals surface area contributed by atoms with E-state index in [-0.39, 0.29) is 6.10 Å². The molecule has 1 aromatic carbocycles. The molecular weight excluding hydrogens is 236 g/mol. The first-order valence-electron chi connectivity index (χ1n) is 7.26. The fraction of sp³-hybridized carbons (Fsp3) is 0.625. The fourth-order valence-corrected chi connectivity index (χ4v) is 1.95. The number of hydrogen-bond acceptors (Lipinski definition) is 3. The zero-order chi connectivity index (χ0) is 14.1. The van der Waals surface area contributed by atoms with Gasteiger partial charge >= 0.3 is 0 Å². The number of nitrogens with zero attached hydrogens (tertiary/aromatic N) is 1. The van der Waals surface area contributed by atoms with E-state index in [1.807, 2.05) is 6.07 Å². The Kier molecular flexibility index (Phi) is 7.53. The van der Waals surface area contributed by atoms with Gasteiger partial charge in [0.25, 0.3) is 0 Å². The molecule has 0 unspecified atom stereocenters. The molecule has 0 radical (unpaired) electrons. The largest absolute Gasteiger partial charge is 0.491 e. The van der Waals surface area contributed by atoms with Crippen LogP contribution in [0.3, 0.4) is 0 Å². The Balaban J connectivity index is 2.38. The van der Waals surface area contributed by atoms with Gasteiger partial charge in [0.2, 0.25) is 0 Å². The molecule has 3 heteroatoms. The molecule has 1 aromatic rings. The van der Waals surface area contributed by atoms with Crippen LogP contribution in [0.25, 0.3) is 0 Å². The second-order valence-electron chi connectivity index (χ2n) is 5.30. The van der Waals surface area contributed by atoms with Crippen molar-refractivity contribution in [3.63, 3.8) is 0 Å². The minimum Gasteiger partial charge on any atom is -0.491 e. The Bertz CT molecular complexity index is 352. The van der Waals surface area contributed by atoms with Gasteiger partial charge in [0.15, 0.2) is 0 Å². The van der Waals surface area contributed by atoms with Crippen LogP contribution in [0.2, 0.25) is 0 Å². The lowest BCUT2D eigenvalue weighted by Gasteiger charge is -2.18. The lowest BCUT2D eigenvalue weighted by atomic mass is 10.2. The van der Waals surface area contributed by atoms with Crippen molar-refractivity contribution in [2.24, 2.45) is 0 Å². The summed E-state index contributed by atoms with van der Waals surface area (Å²) in [6, 6.07) is 8.38. The highest BCUT2D eigenvalue weighted by Gasteiger charge is 2.03. The van der Waals surface area contributed by atoms with Gasteiger partial charge < -0.3 is 15.0 Å². The highest BCUT2D eigenvalue weighted by atomic mass is 16.5. The molecule has 0 aliphatic carbocycles. The van der Waals surface area contributed by atoms with E-state index in [1.165, 1.54) is 12.0 Å². The molecule has 0 aromatic heterocycles. The molecule has 0 amide bonds. The fourth-order valence-electron chi connectivity index (χ4n) is 1.95. The average molecular weight is 264 g/mol. The van der Waals surface area contributed by atoms with Crippen molar-refractivity contribution in [1.29, 1.82) is 0 Å². The lowest BCUT2D eigenvalue weighted by Crippen LogP contribution is -2.29. The van der Waals surface area contributed by atoms with Crippen molar-refractivity contribution in [3.8, 4) is 5.75 Å². The number of nitrogens with one attached hydrogen (secondary N) is 1. The van der Waals surface area contributed by atoms with Crippen LogP contribution in [0.4, 0.5) is 0 Å². The monoisotopic (exact) mass is 264 g/mol. The first kappa shape index (κ1) is 16.0. The third-order valence-corrected chi connectivity index (χ3v) is 2.82. The third kappa shape index (κ3) is 7.19. The Hall–Kier alpha value is -1.06.